The van der Waals surface area contributed by atoms with Crippen molar-refractivity contribution in [3.8, 4) is 0 Å². The first-order valence-electron chi connectivity index (χ1n) is 5.94. The Morgan fingerprint density at radius 2 is 1.93 bits per heavy atom. The molecule has 2 rings (SSSR count). The Morgan fingerprint density at radius 3 is 2.64 bits per heavy atom. The normalized spacial score (nSPS) is 31.9. The van der Waals surface area contributed by atoms with Crippen molar-refractivity contribution in [3.63, 3.8) is 0 Å². The molecule has 2 aliphatic rings. The zero-order chi connectivity index (χ0) is 9.80. The van der Waals surface area contributed by atoms with Crippen molar-refractivity contribution in [2.45, 2.75) is 44.2 Å². The first-order valence-corrected chi connectivity index (χ1v) is 5.94. The molecule has 14 heavy (non-hydrogen) atoms. The van der Waals surface area contributed by atoms with E-state index in [0.717, 1.165) is 26.1 Å². The number of hydrogen-bond acceptors (Lipinski definition) is 2. The van der Waals surface area contributed by atoms with Crippen LogP contribution in [0, 0.1) is 0 Å². The minimum atomic E-state index is -0.149. The Labute approximate surface area is 85.9 Å². The lowest BCUT2D eigenvalue weighted by atomic mass is 9.96. The number of nitrogens with one attached hydrogen (secondary N) is 1. The molecule has 0 aromatic carbocycles. The molecule has 0 radical (unpaired) electrons. The monoisotopic (exact) mass is 200 g/mol. The molecule has 2 nitrogen and oxygen atoms in total. The van der Waals surface area contributed by atoms with E-state index in [4.69, 9.17) is 0 Å². The summed E-state index contributed by atoms with van der Waals surface area (Å²) in [5.41, 5.74) is 0. The van der Waals surface area contributed by atoms with E-state index >= 15 is 0 Å². The van der Waals surface area contributed by atoms with Crippen LogP contribution in [-0.4, -0.2) is 43.3 Å². The average molecular weight is 200 g/mol. The predicted octanol–water partition coefficient (Wildman–Crippen LogP) is 1.56. The molecule has 2 saturated heterocycles. The maximum Gasteiger partial charge on any atom is 0.105 e. The Morgan fingerprint density at radius 1 is 1.14 bits per heavy atom. The molecule has 2 aliphatic heterocycles. The molecule has 0 bridgehead atoms. The topological polar surface area (TPSA) is 15.3 Å². The largest absolute Gasteiger partial charge is 0.317 e. The lowest BCUT2D eigenvalue weighted by molar-refractivity contribution is 0.0617. The van der Waals surface area contributed by atoms with Gasteiger partial charge >= 0.3 is 0 Å². The first-order chi connectivity index (χ1) is 6.92. The smallest absolute Gasteiger partial charge is 0.105 e. The van der Waals surface area contributed by atoms with Gasteiger partial charge in [-0.2, -0.15) is 0 Å². The van der Waals surface area contributed by atoms with Crippen LogP contribution in [0.3, 0.4) is 0 Å². The zero-order valence-electron chi connectivity index (χ0n) is 8.84. The molecule has 0 saturated carbocycles. The summed E-state index contributed by atoms with van der Waals surface area (Å²) >= 11 is 0. The molecule has 1 N–H and O–H groups in total. The third kappa shape index (κ3) is 2.26. The van der Waals surface area contributed by atoms with Gasteiger partial charge in [-0.15, -0.1) is 0 Å². The predicted molar refractivity (Wildman–Crippen MR) is 56.2 cm³/mol. The first kappa shape index (κ1) is 10.4. The summed E-state index contributed by atoms with van der Waals surface area (Å²) in [6.07, 6.45) is 5.96. The van der Waals surface area contributed by atoms with Crippen molar-refractivity contribution in [3.05, 3.63) is 0 Å². The van der Waals surface area contributed by atoms with Crippen molar-refractivity contribution in [1.82, 2.24) is 10.2 Å². The van der Waals surface area contributed by atoms with Crippen molar-refractivity contribution in [1.29, 1.82) is 0 Å². The minimum Gasteiger partial charge on any atom is -0.317 e. The van der Waals surface area contributed by atoms with Crippen LogP contribution in [-0.2, 0) is 0 Å². The fourth-order valence-corrected chi connectivity index (χ4v) is 2.81. The van der Waals surface area contributed by atoms with Gasteiger partial charge in [0.25, 0.3) is 0 Å². The molecule has 2 fully saturated rings. The fourth-order valence-electron chi connectivity index (χ4n) is 2.81. The molecule has 0 aliphatic carbocycles. The molecule has 0 spiro atoms. The molecule has 1 atom stereocenters. The molecule has 3 heteroatoms. The van der Waals surface area contributed by atoms with E-state index in [0.29, 0.717) is 6.04 Å². The van der Waals surface area contributed by atoms with Gasteiger partial charge in [0.2, 0.25) is 0 Å². The van der Waals surface area contributed by atoms with Gasteiger partial charge in [0.05, 0.1) is 0 Å². The van der Waals surface area contributed by atoms with E-state index in [-0.39, 0.29) is 12.7 Å². The highest BCUT2D eigenvalue weighted by molar-refractivity contribution is 4.85. The number of piperidine rings is 2. The minimum absolute atomic E-state index is 0.149. The standard InChI is InChI=1S/C11H21FN2/c12-9-11-3-1-2-8-14(11)10-4-6-13-7-5-10/h10-11,13H,1-9H2. The summed E-state index contributed by atoms with van der Waals surface area (Å²) < 4.78 is 12.8. The number of halogens is 1. The second-order valence-corrected chi connectivity index (χ2v) is 4.52. The van der Waals surface area contributed by atoms with Gasteiger partial charge in [0.15, 0.2) is 0 Å². The molecule has 0 aromatic rings. The third-order valence-corrected chi connectivity index (χ3v) is 3.63. The van der Waals surface area contributed by atoms with Crippen molar-refractivity contribution in [2.24, 2.45) is 0 Å². The molecular weight excluding hydrogens is 179 g/mol. The Kier molecular flexibility index (Phi) is 3.76. The number of alkyl halides is 1. The summed E-state index contributed by atoms with van der Waals surface area (Å²) in [5.74, 6) is 0. The van der Waals surface area contributed by atoms with Gasteiger partial charge in [-0.05, 0) is 45.3 Å². The van der Waals surface area contributed by atoms with E-state index in [1.165, 1.54) is 25.7 Å². The number of nitrogens with zero attached hydrogens (tertiary/aromatic N) is 1. The van der Waals surface area contributed by atoms with Gasteiger partial charge in [-0.3, -0.25) is 4.90 Å². The van der Waals surface area contributed by atoms with Crippen LogP contribution in [0.25, 0.3) is 0 Å². The molecule has 0 amide bonds. The summed E-state index contributed by atoms with van der Waals surface area (Å²) in [5, 5.41) is 3.37. The maximum absolute atomic E-state index is 12.8. The highest BCUT2D eigenvalue weighted by atomic mass is 19.1. The van der Waals surface area contributed by atoms with Crippen LogP contribution in [0.2, 0.25) is 0 Å². The summed E-state index contributed by atoms with van der Waals surface area (Å²) in [6.45, 7) is 3.20. The number of likely N-dealkylation sites (tertiary alicyclic amines) is 1. The number of hydrogen-bond donors (Lipinski definition) is 1. The Bertz CT molecular complexity index is 169. The summed E-state index contributed by atoms with van der Waals surface area (Å²) in [7, 11) is 0. The lowest BCUT2D eigenvalue weighted by Crippen LogP contribution is -2.50. The van der Waals surface area contributed by atoms with Gasteiger partial charge in [0, 0.05) is 12.1 Å². The van der Waals surface area contributed by atoms with Gasteiger partial charge < -0.3 is 5.32 Å². The molecule has 1 unspecified atom stereocenters. The fraction of sp³-hybridized carbons (Fsp3) is 1.00. The van der Waals surface area contributed by atoms with Crippen molar-refractivity contribution in [2.75, 3.05) is 26.3 Å². The van der Waals surface area contributed by atoms with E-state index < -0.39 is 0 Å². The van der Waals surface area contributed by atoms with Crippen LogP contribution in [0.4, 0.5) is 4.39 Å². The number of rotatable bonds is 2. The molecule has 0 aromatic heterocycles. The Hall–Kier alpha value is -0.150. The van der Waals surface area contributed by atoms with E-state index in [2.05, 4.69) is 10.2 Å². The summed E-state index contributed by atoms with van der Waals surface area (Å²) in [4.78, 5) is 2.43. The van der Waals surface area contributed by atoms with Crippen molar-refractivity contribution >= 4 is 0 Å². The second-order valence-electron chi connectivity index (χ2n) is 4.52. The van der Waals surface area contributed by atoms with E-state index in [9.17, 15) is 4.39 Å². The molecule has 82 valence electrons. The van der Waals surface area contributed by atoms with Crippen LogP contribution in [0.15, 0.2) is 0 Å². The van der Waals surface area contributed by atoms with Gasteiger partial charge in [-0.25, -0.2) is 4.39 Å². The molecular formula is C11H21FN2. The Balaban J connectivity index is 1.91. The second kappa shape index (κ2) is 5.08. The SMILES string of the molecule is FCC1CCCCN1C1CCNCC1. The van der Waals surface area contributed by atoms with Gasteiger partial charge in [0.1, 0.15) is 6.67 Å². The van der Waals surface area contributed by atoms with E-state index in [1.807, 2.05) is 0 Å². The highest BCUT2D eigenvalue weighted by Gasteiger charge is 2.29. The van der Waals surface area contributed by atoms with Crippen LogP contribution in [0.1, 0.15) is 32.1 Å². The van der Waals surface area contributed by atoms with E-state index in [1.54, 1.807) is 0 Å². The highest BCUT2D eigenvalue weighted by Crippen LogP contribution is 2.23. The zero-order valence-corrected chi connectivity index (χ0v) is 8.84. The third-order valence-electron chi connectivity index (χ3n) is 3.63. The van der Waals surface area contributed by atoms with Gasteiger partial charge in [-0.1, -0.05) is 6.42 Å². The van der Waals surface area contributed by atoms with Crippen molar-refractivity contribution < 1.29 is 4.39 Å². The summed E-state index contributed by atoms with van der Waals surface area (Å²) in [6, 6.07) is 0.879. The lowest BCUT2D eigenvalue weighted by Gasteiger charge is -2.41. The average Bonchev–Trinajstić information content (AvgIpc) is 2.30. The maximum atomic E-state index is 12.8. The van der Waals surface area contributed by atoms with Crippen LogP contribution < -0.4 is 5.32 Å². The quantitative estimate of drug-likeness (QED) is 0.728. The van der Waals surface area contributed by atoms with Crippen LogP contribution >= 0.6 is 0 Å². The van der Waals surface area contributed by atoms with Crippen LogP contribution in [0.5, 0.6) is 0 Å². The molecule has 2 heterocycles.